The molecular weight excluding hydrogens is 397 g/mol. The van der Waals surface area contributed by atoms with Crippen LogP contribution in [-0.4, -0.2) is 24.3 Å². The minimum Gasteiger partial charge on any atom is -0.507 e. The maximum absolute atomic E-state index is 13.1. The molecule has 0 aliphatic carbocycles. The van der Waals surface area contributed by atoms with Crippen molar-refractivity contribution in [2.45, 2.75) is 18.7 Å². The highest BCUT2D eigenvalue weighted by molar-refractivity contribution is 8.14. The number of benzene rings is 3. The third-order valence-corrected chi connectivity index (χ3v) is 5.63. The molecule has 0 aliphatic rings. The largest absolute Gasteiger partial charge is 0.507 e. The highest BCUT2D eigenvalue weighted by Crippen LogP contribution is 2.28. The second kappa shape index (κ2) is 9.18. The molecule has 1 N–H and O–H groups in total. The number of phenolic OH excluding ortho intramolecular Hbond substituents is 1. The van der Waals surface area contributed by atoms with Gasteiger partial charge < -0.3 is 10.0 Å². The fourth-order valence-electron chi connectivity index (χ4n) is 3.05. The van der Waals surface area contributed by atoms with Gasteiger partial charge in [0, 0.05) is 30.2 Å². The zero-order valence-electron chi connectivity index (χ0n) is 17.4. The Morgan fingerprint density at radius 1 is 0.933 bits per heavy atom. The van der Waals surface area contributed by atoms with Crippen LogP contribution in [0.2, 0.25) is 0 Å². The van der Waals surface area contributed by atoms with E-state index in [-0.39, 0.29) is 10.9 Å². The van der Waals surface area contributed by atoms with Crippen molar-refractivity contribution < 1.29 is 14.3 Å². The normalized spacial score (nSPS) is 11.1. The Morgan fingerprint density at radius 2 is 1.50 bits per heavy atom. The molecule has 0 saturated carbocycles. The van der Waals surface area contributed by atoms with Crippen molar-refractivity contribution in [1.82, 2.24) is 0 Å². The number of aryl methyl sites for hydroxylation is 2. The summed E-state index contributed by atoms with van der Waals surface area (Å²) < 4.78 is 13.1. The van der Waals surface area contributed by atoms with E-state index in [4.69, 9.17) is 0 Å². The summed E-state index contributed by atoms with van der Waals surface area (Å²) in [4.78, 5) is 15.5. The third-order valence-electron chi connectivity index (χ3n) is 4.70. The fraction of sp³-hybridized carbons (Fsp3) is 0.160. The van der Waals surface area contributed by atoms with Crippen molar-refractivity contribution in [2.24, 2.45) is 0 Å². The maximum Gasteiger partial charge on any atom is 0.224 e. The maximum atomic E-state index is 13.1. The number of phenols is 1. The summed E-state index contributed by atoms with van der Waals surface area (Å²) in [5, 5.41) is 9.86. The van der Waals surface area contributed by atoms with Gasteiger partial charge in [0.15, 0.2) is 0 Å². The summed E-state index contributed by atoms with van der Waals surface area (Å²) in [6, 6.07) is 15.5. The van der Waals surface area contributed by atoms with E-state index in [1.54, 1.807) is 12.1 Å². The van der Waals surface area contributed by atoms with Gasteiger partial charge in [0.2, 0.25) is 5.12 Å². The van der Waals surface area contributed by atoms with E-state index in [9.17, 15) is 14.3 Å². The zero-order valence-corrected chi connectivity index (χ0v) is 18.3. The van der Waals surface area contributed by atoms with Crippen LogP contribution in [0, 0.1) is 19.7 Å². The SMILES string of the molecule is Cc1cc(/C=C/c2cc(C(=O)Sc3ccc(F)cc3)cc(N(C)C)c2)cc(C)c1O. The predicted molar refractivity (Wildman–Crippen MR) is 124 cm³/mol. The topological polar surface area (TPSA) is 40.5 Å². The molecule has 0 radical (unpaired) electrons. The summed E-state index contributed by atoms with van der Waals surface area (Å²) in [6.07, 6.45) is 3.92. The number of hydrogen-bond acceptors (Lipinski definition) is 4. The summed E-state index contributed by atoms with van der Waals surface area (Å²) in [6.45, 7) is 3.74. The quantitative estimate of drug-likeness (QED) is 0.387. The van der Waals surface area contributed by atoms with Crippen LogP contribution in [0.25, 0.3) is 12.2 Å². The summed E-state index contributed by atoms with van der Waals surface area (Å²) in [5.41, 5.74) is 5.01. The summed E-state index contributed by atoms with van der Waals surface area (Å²) >= 11 is 1.08. The first-order valence-corrected chi connectivity index (χ1v) is 10.3. The average Bonchev–Trinajstić information content (AvgIpc) is 2.71. The van der Waals surface area contributed by atoms with E-state index in [1.165, 1.54) is 12.1 Å². The fourth-order valence-corrected chi connectivity index (χ4v) is 3.78. The molecule has 0 saturated heterocycles. The zero-order chi connectivity index (χ0) is 21.8. The lowest BCUT2D eigenvalue weighted by molar-refractivity contribution is 0.108. The van der Waals surface area contributed by atoms with E-state index in [0.29, 0.717) is 16.2 Å². The van der Waals surface area contributed by atoms with E-state index in [2.05, 4.69) is 0 Å². The summed E-state index contributed by atoms with van der Waals surface area (Å²) in [5.74, 6) is -0.0130. The standard InChI is InChI=1S/C25H24FNO2S/c1-16-11-18(12-17(2)24(16)28)5-6-19-13-20(15-22(14-19)27(3)4)25(29)30-23-9-7-21(26)8-10-23/h5-15,28H,1-4H3/b6-5+. The molecule has 3 aromatic carbocycles. The van der Waals surface area contributed by atoms with Gasteiger partial charge in [-0.05, 0) is 102 Å². The third kappa shape index (κ3) is 5.30. The van der Waals surface area contributed by atoms with Crippen LogP contribution in [0.1, 0.15) is 32.6 Å². The Kier molecular flexibility index (Phi) is 6.63. The molecular formula is C25H24FNO2S. The Labute approximate surface area is 180 Å². The van der Waals surface area contributed by atoms with Crippen LogP contribution in [-0.2, 0) is 0 Å². The number of anilines is 1. The Bertz CT molecular complexity index is 1080. The predicted octanol–water partition coefficient (Wildman–Crippen LogP) is 6.32. The molecule has 154 valence electrons. The molecule has 0 bridgehead atoms. The smallest absolute Gasteiger partial charge is 0.224 e. The lowest BCUT2D eigenvalue weighted by Crippen LogP contribution is -2.10. The molecule has 3 aromatic rings. The van der Waals surface area contributed by atoms with Gasteiger partial charge in [0.1, 0.15) is 11.6 Å². The molecule has 0 heterocycles. The van der Waals surface area contributed by atoms with Gasteiger partial charge in [-0.1, -0.05) is 12.2 Å². The minimum atomic E-state index is -0.325. The van der Waals surface area contributed by atoms with Gasteiger partial charge in [0.05, 0.1) is 0 Å². The van der Waals surface area contributed by atoms with Crippen molar-refractivity contribution in [3.05, 3.63) is 88.2 Å². The van der Waals surface area contributed by atoms with E-state index < -0.39 is 0 Å². The van der Waals surface area contributed by atoms with Gasteiger partial charge >= 0.3 is 0 Å². The van der Waals surface area contributed by atoms with Crippen molar-refractivity contribution >= 4 is 34.7 Å². The molecule has 0 spiro atoms. The Hall–Kier alpha value is -3.05. The highest BCUT2D eigenvalue weighted by atomic mass is 32.2. The number of carbonyl (C=O) groups is 1. The first kappa shape index (κ1) is 21.7. The molecule has 3 rings (SSSR count). The molecule has 0 aliphatic heterocycles. The van der Waals surface area contributed by atoms with Crippen LogP contribution in [0.5, 0.6) is 5.75 Å². The lowest BCUT2D eigenvalue weighted by atomic mass is 10.0. The molecule has 0 aromatic heterocycles. The van der Waals surface area contributed by atoms with Crippen molar-refractivity contribution in [3.63, 3.8) is 0 Å². The number of rotatable bonds is 5. The van der Waals surface area contributed by atoms with Gasteiger partial charge in [-0.15, -0.1) is 0 Å². The van der Waals surface area contributed by atoms with Crippen LogP contribution in [0.15, 0.2) is 59.5 Å². The van der Waals surface area contributed by atoms with Gasteiger partial charge in [-0.2, -0.15) is 0 Å². The van der Waals surface area contributed by atoms with Crippen LogP contribution in [0.4, 0.5) is 10.1 Å². The minimum absolute atomic E-state index is 0.101. The molecule has 5 heteroatoms. The number of thioether (sulfide) groups is 1. The average molecular weight is 422 g/mol. The van der Waals surface area contributed by atoms with E-state index >= 15 is 0 Å². The number of aromatic hydroxyl groups is 1. The van der Waals surface area contributed by atoms with Crippen LogP contribution >= 0.6 is 11.8 Å². The van der Waals surface area contributed by atoms with Crippen molar-refractivity contribution in [1.29, 1.82) is 0 Å². The van der Waals surface area contributed by atoms with Crippen molar-refractivity contribution in [2.75, 3.05) is 19.0 Å². The summed E-state index contributed by atoms with van der Waals surface area (Å²) in [7, 11) is 3.85. The molecule has 0 unspecified atom stereocenters. The van der Waals surface area contributed by atoms with Gasteiger partial charge in [-0.25, -0.2) is 4.39 Å². The number of hydrogen-bond donors (Lipinski definition) is 1. The second-order valence-electron chi connectivity index (χ2n) is 7.39. The lowest BCUT2D eigenvalue weighted by Gasteiger charge is -2.15. The van der Waals surface area contributed by atoms with E-state index in [1.807, 2.05) is 75.3 Å². The van der Waals surface area contributed by atoms with Crippen LogP contribution in [0.3, 0.4) is 0 Å². The van der Waals surface area contributed by atoms with Crippen LogP contribution < -0.4 is 4.90 Å². The van der Waals surface area contributed by atoms with Crippen molar-refractivity contribution in [3.8, 4) is 5.75 Å². The second-order valence-corrected chi connectivity index (χ2v) is 8.43. The number of halogens is 1. The molecule has 0 amide bonds. The highest BCUT2D eigenvalue weighted by Gasteiger charge is 2.12. The van der Waals surface area contributed by atoms with Gasteiger partial charge in [-0.3, -0.25) is 4.79 Å². The first-order chi connectivity index (χ1) is 14.2. The first-order valence-electron chi connectivity index (χ1n) is 9.51. The molecule has 30 heavy (non-hydrogen) atoms. The Balaban J connectivity index is 1.90. The number of carbonyl (C=O) groups excluding carboxylic acids is 1. The van der Waals surface area contributed by atoms with Gasteiger partial charge in [0.25, 0.3) is 0 Å². The molecule has 0 fully saturated rings. The molecule has 0 atom stereocenters. The Morgan fingerprint density at radius 3 is 2.07 bits per heavy atom. The molecule has 3 nitrogen and oxygen atoms in total. The van der Waals surface area contributed by atoms with E-state index in [0.717, 1.165) is 39.7 Å². The monoisotopic (exact) mass is 421 g/mol. The number of nitrogens with zero attached hydrogens (tertiary/aromatic N) is 1.